The van der Waals surface area contributed by atoms with E-state index < -0.39 is 0 Å². The molecule has 0 fully saturated rings. The van der Waals surface area contributed by atoms with Gasteiger partial charge in [0.1, 0.15) is 11.5 Å². The van der Waals surface area contributed by atoms with Crippen molar-refractivity contribution in [2.45, 2.75) is 19.5 Å². The number of ether oxygens (including phenoxy) is 2. The minimum absolute atomic E-state index is 0.0968. The van der Waals surface area contributed by atoms with Gasteiger partial charge in [-0.1, -0.05) is 29.3 Å². The Morgan fingerprint density at radius 2 is 1.77 bits per heavy atom. The SMILES string of the molecule is COc1ccc(OC)c(C(C)NCc2ccc(Cl)c(Cl)c2)c1. The maximum Gasteiger partial charge on any atom is 0.123 e. The van der Waals surface area contributed by atoms with Crippen molar-refractivity contribution < 1.29 is 9.47 Å². The minimum atomic E-state index is 0.0968. The minimum Gasteiger partial charge on any atom is -0.497 e. The highest BCUT2D eigenvalue weighted by Gasteiger charge is 2.12. The lowest BCUT2D eigenvalue weighted by Gasteiger charge is -2.18. The fourth-order valence-electron chi connectivity index (χ4n) is 2.21. The van der Waals surface area contributed by atoms with E-state index >= 15 is 0 Å². The first kappa shape index (κ1) is 16.9. The first-order chi connectivity index (χ1) is 10.5. The fourth-order valence-corrected chi connectivity index (χ4v) is 2.53. The quantitative estimate of drug-likeness (QED) is 0.814. The topological polar surface area (TPSA) is 30.5 Å². The molecular formula is C17H19Cl2NO2. The van der Waals surface area contributed by atoms with Crippen molar-refractivity contribution in [2.24, 2.45) is 0 Å². The third-order valence-electron chi connectivity index (χ3n) is 3.50. The van der Waals surface area contributed by atoms with Gasteiger partial charge in [-0.15, -0.1) is 0 Å². The van der Waals surface area contributed by atoms with Gasteiger partial charge in [0, 0.05) is 18.2 Å². The molecule has 0 saturated heterocycles. The van der Waals surface area contributed by atoms with Crippen molar-refractivity contribution in [3.8, 4) is 11.5 Å². The third kappa shape index (κ3) is 4.07. The van der Waals surface area contributed by atoms with Gasteiger partial charge >= 0.3 is 0 Å². The molecule has 1 unspecified atom stereocenters. The number of halogens is 2. The van der Waals surface area contributed by atoms with Crippen molar-refractivity contribution in [1.82, 2.24) is 5.32 Å². The van der Waals surface area contributed by atoms with E-state index in [1.807, 2.05) is 30.3 Å². The van der Waals surface area contributed by atoms with E-state index in [1.165, 1.54) is 0 Å². The van der Waals surface area contributed by atoms with Crippen LogP contribution in [0.5, 0.6) is 11.5 Å². The summed E-state index contributed by atoms with van der Waals surface area (Å²) in [5.74, 6) is 1.63. The second-order valence-electron chi connectivity index (χ2n) is 4.96. The summed E-state index contributed by atoms with van der Waals surface area (Å²) in [4.78, 5) is 0. The Kier molecular flexibility index (Phi) is 5.95. The molecule has 2 rings (SSSR count). The van der Waals surface area contributed by atoms with Gasteiger partial charge in [0.05, 0.1) is 24.3 Å². The molecule has 1 atom stereocenters. The summed E-state index contributed by atoms with van der Waals surface area (Å²) >= 11 is 12.0. The van der Waals surface area contributed by atoms with Gasteiger partial charge in [0.2, 0.25) is 0 Å². The average Bonchev–Trinajstić information content (AvgIpc) is 2.55. The van der Waals surface area contributed by atoms with Gasteiger partial charge in [-0.2, -0.15) is 0 Å². The van der Waals surface area contributed by atoms with E-state index in [4.69, 9.17) is 32.7 Å². The lowest BCUT2D eigenvalue weighted by atomic mass is 10.1. The molecule has 0 saturated carbocycles. The maximum absolute atomic E-state index is 6.04. The van der Waals surface area contributed by atoms with Crippen LogP contribution in [-0.4, -0.2) is 14.2 Å². The Labute approximate surface area is 141 Å². The number of hydrogen-bond acceptors (Lipinski definition) is 3. The average molecular weight is 340 g/mol. The highest BCUT2D eigenvalue weighted by Crippen LogP contribution is 2.29. The van der Waals surface area contributed by atoms with E-state index in [9.17, 15) is 0 Å². The highest BCUT2D eigenvalue weighted by atomic mass is 35.5. The van der Waals surface area contributed by atoms with E-state index in [2.05, 4.69) is 12.2 Å². The number of rotatable bonds is 6. The van der Waals surface area contributed by atoms with Crippen LogP contribution < -0.4 is 14.8 Å². The summed E-state index contributed by atoms with van der Waals surface area (Å²) in [5, 5.41) is 4.58. The van der Waals surface area contributed by atoms with Gasteiger partial charge in [-0.05, 0) is 42.8 Å². The second kappa shape index (κ2) is 7.73. The van der Waals surface area contributed by atoms with Crippen LogP contribution in [0.3, 0.4) is 0 Å². The van der Waals surface area contributed by atoms with Crippen LogP contribution in [0.2, 0.25) is 10.0 Å². The molecule has 0 bridgehead atoms. The van der Waals surface area contributed by atoms with Crippen LogP contribution in [-0.2, 0) is 6.54 Å². The molecule has 0 aliphatic heterocycles. The van der Waals surface area contributed by atoms with E-state index in [0.29, 0.717) is 16.6 Å². The van der Waals surface area contributed by atoms with Crippen molar-refractivity contribution in [1.29, 1.82) is 0 Å². The molecule has 0 aromatic heterocycles. The predicted octanol–water partition coefficient (Wildman–Crippen LogP) is 4.86. The lowest BCUT2D eigenvalue weighted by Crippen LogP contribution is -2.18. The summed E-state index contributed by atoms with van der Waals surface area (Å²) in [6, 6.07) is 11.5. The van der Waals surface area contributed by atoms with Crippen LogP contribution >= 0.6 is 23.2 Å². The molecule has 118 valence electrons. The van der Waals surface area contributed by atoms with E-state index in [1.54, 1.807) is 20.3 Å². The zero-order chi connectivity index (χ0) is 16.1. The molecule has 0 radical (unpaired) electrons. The number of benzene rings is 2. The normalized spacial score (nSPS) is 12.0. The van der Waals surface area contributed by atoms with Crippen LogP contribution in [0.15, 0.2) is 36.4 Å². The van der Waals surface area contributed by atoms with Gasteiger partial charge in [-0.3, -0.25) is 0 Å². The third-order valence-corrected chi connectivity index (χ3v) is 4.24. The molecule has 3 nitrogen and oxygen atoms in total. The summed E-state index contributed by atoms with van der Waals surface area (Å²) < 4.78 is 10.7. The largest absolute Gasteiger partial charge is 0.497 e. The lowest BCUT2D eigenvalue weighted by molar-refractivity contribution is 0.391. The molecule has 0 heterocycles. The monoisotopic (exact) mass is 339 g/mol. The van der Waals surface area contributed by atoms with Crippen LogP contribution in [0, 0.1) is 0 Å². The Morgan fingerprint density at radius 1 is 1.00 bits per heavy atom. The van der Waals surface area contributed by atoms with Gasteiger partial charge < -0.3 is 14.8 Å². The molecule has 22 heavy (non-hydrogen) atoms. The molecule has 1 N–H and O–H groups in total. The van der Waals surface area contributed by atoms with Gasteiger partial charge in [0.15, 0.2) is 0 Å². The summed E-state index contributed by atoms with van der Waals surface area (Å²) in [6.07, 6.45) is 0. The van der Waals surface area contributed by atoms with Crippen LogP contribution in [0.1, 0.15) is 24.1 Å². The Bertz CT molecular complexity index is 647. The molecule has 5 heteroatoms. The number of hydrogen-bond donors (Lipinski definition) is 1. The highest BCUT2D eigenvalue weighted by molar-refractivity contribution is 6.42. The Hall–Kier alpha value is -1.42. The molecule has 0 aliphatic rings. The number of methoxy groups -OCH3 is 2. The molecule has 0 aliphatic carbocycles. The van der Waals surface area contributed by atoms with Crippen molar-refractivity contribution in [2.75, 3.05) is 14.2 Å². The molecular weight excluding hydrogens is 321 g/mol. The number of nitrogens with one attached hydrogen (secondary N) is 1. The van der Waals surface area contributed by atoms with Crippen molar-refractivity contribution in [3.05, 3.63) is 57.6 Å². The Balaban J connectivity index is 2.11. The van der Waals surface area contributed by atoms with Crippen molar-refractivity contribution in [3.63, 3.8) is 0 Å². The smallest absolute Gasteiger partial charge is 0.123 e. The Morgan fingerprint density at radius 3 is 2.41 bits per heavy atom. The zero-order valence-corrected chi connectivity index (χ0v) is 14.3. The molecule has 0 spiro atoms. The van der Waals surface area contributed by atoms with E-state index in [0.717, 1.165) is 22.6 Å². The van der Waals surface area contributed by atoms with Crippen LogP contribution in [0.25, 0.3) is 0 Å². The first-order valence-electron chi connectivity index (χ1n) is 6.94. The molecule has 0 amide bonds. The fraction of sp³-hybridized carbons (Fsp3) is 0.294. The predicted molar refractivity (Wildman–Crippen MR) is 91.3 cm³/mol. The summed E-state index contributed by atoms with van der Waals surface area (Å²) in [7, 11) is 3.32. The van der Waals surface area contributed by atoms with E-state index in [-0.39, 0.29) is 6.04 Å². The second-order valence-corrected chi connectivity index (χ2v) is 5.77. The maximum atomic E-state index is 6.04. The standard InChI is InChI=1S/C17H19Cl2NO2/c1-11(14-9-13(21-2)5-7-17(14)22-3)20-10-12-4-6-15(18)16(19)8-12/h4-9,11,20H,10H2,1-3H3. The van der Waals surface area contributed by atoms with Crippen molar-refractivity contribution >= 4 is 23.2 Å². The van der Waals surface area contributed by atoms with Gasteiger partial charge in [0.25, 0.3) is 0 Å². The first-order valence-corrected chi connectivity index (χ1v) is 7.70. The van der Waals surface area contributed by atoms with Gasteiger partial charge in [-0.25, -0.2) is 0 Å². The summed E-state index contributed by atoms with van der Waals surface area (Å²) in [5.41, 5.74) is 2.12. The molecule has 2 aromatic rings. The van der Waals surface area contributed by atoms with Crippen LogP contribution in [0.4, 0.5) is 0 Å². The zero-order valence-electron chi connectivity index (χ0n) is 12.8. The molecule has 2 aromatic carbocycles. The summed E-state index contributed by atoms with van der Waals surface area (Å²) in [6.45, 7) is 2.76.